The zero-order chi connectivity index (χ0) is 9.84. The molecular weight excluding hydrogens is 166 g/mol. The monoisotopic (exact) mass is 185 g/mol. The van der Waals surface area contributed by atoms with E-state index in [1.165, 1.54) is 6.42 Å². The third-order valence-electron chi connectivity index (χ3n) is 2.76. The van der Waals surface area contributed by atoms with Gasteiger partial charge in [-0.15, -0.1) is 0 Å². The number of nitrogens with two attached hydrogens (primary N) is 1. The van der Waals surface area contributed by atoms with E-state index in [0.29, 0.717) is 12.6 Å². The highest BCUT2D eigenvalue weighted by Gasteiger charge is 2.22. The highest BCUT2D eigenvalue weighted by Crippen LogP contribution is 2.18. The van der Waals surface area contributed by atoms with Crippen LogP contribution in [0.4, 0.5) is 4.79 Å². The van der Waals surface area contributed by atoms with Crippen LogP contribution in [0.25, 0.3) is 0 Å². The van der Waals surface area contributed by atoms with E-state index in [9.17, 15) is 4.79 Å². The Kier molecular flexibility index (Phi) is 3.54. The number of hydrogen-bond donors (Lipinski definition) is 2. The maximum Gasteiger partial charge on any atom is 0.317 e. The third-order valence-corrected chi connectivity index (χ3v) is 2.76. The number of nitrogens with zero attached hydrogens (tertiary/aromatic N) is 1. The van der Waals surface area contributed by atoms with E-state index in [1.54, 1.807) is 11.9 Å². The van der Waals surface area contributed by atoms with E-state index >= 15 is 0 Å². The van der Waals surface area contributed by atoms with Crippen molar-refractivity contribution in [1.29, 1.82) is 0 Å². The number of likely N-dealkylation sites (N-methyl/N-ethyl adjacent to an activating group) is 1. The molecule has 0 spiro atoms. The molecule has 0 heterocycles. The van der Waals surface area contributed by atoms with Gasteiger partial charge in [-0.2, -0.15) is 0 Å². The van der Waals surface area contributed by atoms with Gasteiger partial charge in [0.25, 0.3) is 0 Å². The Balaban J connectivity index is 2.28. The Morgan fingerprint density at radius 1 is 1.69 bits per heavy atom. The van der Waals surface area contributed by atoms with Gasteiger partial charge in [-0.3, -0.25) is 0 Å². The molecule has 0 radical (unpaired) electrons. The summed E-state index contributed by atoms with van der Waals surface area (Å²) in [5, 5.41) is 2.96. The van der Waals surface area contributed by atoms with Crippen LogP contribution < -0.4 is 11.1 Å². The average molecular weight is 185 g/mol. The number of rotatable bonds is 3. The Hall–Kier alpha value is -0.770. The lowest BCUT2D eigenvalue weighted by atomic mass is 9.93. The fraction of sp³-hybridized carbons (Fsp3) is 0.889. The molecule has 0 aromatic carbocycles. The van der Waals surface area contributed by atoms with E-state index in [2.05, 4.69) is 5.32 Å². The molecule has 1 fully saturated rings. The van der Waals surface area contributed by atoms with Crippen molar-refractivity contribution in [2.45, 2.75) is 38.3 Å². The summed E-state index contributed by atoms with van der Waals surface area (Å²) in [7, 11) is 1.78. The second kappa shape index (κ2) is 4.46. The van der Waals surface area contributed by atoms with Crippen molar-refractivity contribution in [3.8, 4) is 0 Å². The Labute approximate surface area is 79.5 Å². The third kappa shape index (κ3) is 2.59. The van der Waals surface area contributed by atoms with Crippen LogP contribution in [0.3, 0.4) is 0 Å². The van der Waals surface area contributed by atoms with E-state index < -0.39 is 0 Å². The molecule has 0 bridgehead atoms. The summed E-state index contributed by atoms with van der Waals surface area (Å²) in [5.41, 5.74) is 5.47. The van der Waals surface area contributed by atoms with Crippen molar-refractivity contribution in [2.24, 2.45) is 5.73 Å². The molecule has 1 aliphatic carbocycles. The molecule has 0 saturated heterocycles. The predicted octanol–water partition coefficient (Wildman–Crippen LogP) is 0.527. The molecule has 1 unspecified atom stereocenters. The van der Waals surface area contributed by atoms with E-state index in [-0.39, 0.29) is 12.1 Å². The van der Waals surface area contributed by atoms with Gasteiger partial charge in [-0.1, -0.05) is 0 Å². The highest BCUT2D eigenvalue weighted by atomic mass is 16.2. The van der Waals surface area contributed by atoms with Crippen LogP contribution in [0.5, 0.6) is 0 Å². The number of carbonyl (C=O) groups is 1. The molecule has 1 saturated carbocycles. The molecule has 2 amide bonds. The zero-order valence-corrected chi connectivity index (χ0v) is 8.42. The number of amides is 2. The molecular formula is C9H19N3O. The second-order valence-corrected chi connectivity index (χ2v) is 3.77. The molecule has 0 aliphatic heterocycles. The number of hydrogen-bond acceptors (Lipinski definition) is 2. The standard InChI is InChI=1S/C9H19N3O/c1-7(6-10)12(2)9(13)11-8-4-3-5-8/h7-8H,3-6,10H2,1-2H3,(H,11,13). The van der Waals surface area contributed by atoms with E-state index in [0.717, 1.165) is 12.8 Å². The summed E-state index contributed by atoms with van der Waals surface area (Å²) >= 11 is 0. The summed E-state index contributed by atoms with van der Waals surface area (Å²) in [5.74, 6) is 0. The average Bonchev–Trinajstić information content (AvgIpc) is 2.08. The van der Waals surface area contributed by atoms with Crippen molar-refractivity contribution < 1.29 is 4.79 Å². The maximum absolute atomic E-state index is 11.5. The van der Waals surface area contributed by atoms with Gasteiger partial charge in [0.15, 0.2) is 0 Å². The smallest absolute Gasteiger partial charge is 0.317 e. The summed E-state index contributed by atoms with van der Waals surface area (Å²) in [4.78, 5) is 13.2. The quantitative estimate of drug-likeness (QED) is 0.673. The molecule has 1 rings (SSSR count). The SMILES string of the molecule is CC(CN)N(C)C(=O)NC1CCC1. The summed E-state index contributed by atoms with van der Waals surface area (Å²) < 4.78 is 0. The topological polar surface area (TPSA) is 58.4 Å². The molecule has 1 aliphatic rings. The molecule has 4 heteroatoms. The minimum absolute atomic E-state index is 0.00245. The van der Waals surface area contributed by atoms with Crippen molar-refractivity contribution in [3.05, 3.63) is 0 Å². The van der Waals surface area contributed by atoms with Gasteiger partial charge in [-0.25, -0.2) is 4.79 Å². The first kappa shape index (κ1) is 10.3. The van der Waals surface area contributed by atoms with Crippen LogP contribution in [0.15, 0.2) is 0 Å². The minimum atomic E-state index is 0.00245. The van der Waals surface area contributed by atoms with Crippen molar-refractivity contribution in [3.63, 3.8) is 0 Å². The van der Waals surface area contributed by atoms with Crippen molar-refractivity contribution in [1.82, 2.24) is 10.2 Å². The largest absolute Gasteiger partial charge is 0.335 e. The Morgan fingerprint density at radius 2 is 2.31 bits per heavy atom. The Bertz CT molecular complexity index is 180. The van der Waals surface area contributed by atoms with Crippen molar-refractivity contribution >= 4 is 6.03 Å². The lowest BCUT2D eigenvalue weighted by Gasteiger charge is -2.31. The summed E-state index contributed by atoms with van der Waals surface area (Å²) in [6.45, 7) is 2.45. The van der Waals surface area contributed by atoms with Gasteiger partial charge < -0.3 is 16.0 Å². The Morgan fingerprint density at radius 3 is 2.69 bits per heavy atom. The fourth-order valence-electron chi connectivity index (χ4n) is 1.19. The lowest BCUT2D eigenvalue weighted by molar-refractivity contribution is 0.184. The fourth-order valence-corrected chi connectivity index (χ4v) is 1.19. The van der Waals surface area contributed by atoms with Crippen LogP contribution in [0, 0.1) is 0 Å². The maximum atomic E-state index is 11.5. The first-order chi connectivity index (χ1) is 6.15. The highest BCUT2D eigenvalue weighted by molar-refractivity contribution is 5.74. The normalized spacial score (nSPS) is 19.0. The molecule has 4 nitrogen and oxygen atoms in total. The zero-order valence-electron chi connectivity index (χ0n) is 8.42. The number of urea groups is 1. The number of nitrogens with one attached hydrogen (secondary N) is 1. The van der Waals surface area contributed by atoms with Gasteiger partial charge >= 0.3 is 6.03 Å². The summed E-state index contributed by atoms with van der Waals surface area (Å²) in [6, 6.07) is 0.516. The van der Waals surface area contributed by atoms with Gasteiger partial charge in [0.2, 0.25) is 0 Å². The molecule has 0 aromatic rings. The van der Waals surface area contributed by atoms with Gasteiger partial charge in [0.1, 0.15) is 0 Å². The van der Waals surface area contributed by atoms with E-state index in [1.807, 2.05) is 6.92 Å². The molecule has 0 aromatic heterocycles. The van der Waals surface area contributed by atoms with Crippen LogP contribution in [-0.2, 0) is 0 Å². The van der Waals surface area contributed by atoms with Crippen LogP contribution in [0.2, 0.25) is 0 Å². The predicted molar refractivity (Wildman–Crippen MR) is 52.5 cm³/mol. The molecule has 76 valence electrons. The first-order valence-electron chi connectivity index (χ1n) is 4.88. The van der Waals surface area contributed by atoms with Crippen LogP contribution in [0.1, 0.15) is 26.2 Å². The van der Waals surface area contributed by atoms with Gasteiger partial charge in [0, 0.05) is 25.7 Å². The molecule has 3 N–H and O–H groups in total. The van der Waals surface area contributed by atoms with Gasteiger partial charge in [-0.05, 0) is 26.2 Å². The minimum Gasteiger partial charge on any atom is -0.335 e. The first-order valence-corrected chi connectivity index (χ1v) is 4.88. The van der Waals surface area contributed by atoms with Crippen LogP contribution in [-0.4, -0.2) is 36.6 Å². The molecule has 13 heavy (non-hydrogen) atoms. The van der Waals surface area contributed by atoms with Gasteiger partial charge in [0.05, 0.1) is 0 Å². The lowest BCUT2D eigenvalue weighted by Crippen LogP contribution is -2.50. The number of carbonyl (C=O) groups excluding carboxylic acids is 1. The van der Waals surface area contributed by atoms with E-state index in [4.69, 9.17) is 5.73 Å². The summed E-state index contributed by atoms with van der Waals surface area (Å²) in [6.07, 6.45) is 3.48. The van der Waals surface area contributed by atoms with Crippen molar-refractivity contribution in [2.75, 3.05) is 13.6 Å². The molecule has 1 atom stereocenters. The second-order valence-electron chi connectivity index (χ2n) is 3.77. The van der Waals surface area contributed by atoms with Crippen LogP contribution >= 0.6 is 0 Å².